The molecule has 1 heterocycles. The molecule has 0 aliphatic rings. The number of carbonyl (C=O) groups is 1. The minimum absolute atomic E-state index is 0.0173. The van der Waals surface area contributed by atoms with Crippen LogP contribution in [-0.4, -0.2) is 20.2 Å². The fourth-order valence-electron chi connectivity index (χ4n) is 4.23. The van der Waals surface area contributed by atoms with Gasteiger partial charge in [0, 0.05) is 12.1 Å². The Morgan fingerprint density at radius 2 is 1.47 bits per heavy atom. The fraction of sp³-hybridized carbons (Fsp3) is 0.0909. The Morgan fingerprint density at radius 3 is 2.14 bits per heavy atom. The van der Waals surface area contributed by atoms with Crippen LogP contribution < -0.4 is 24.4 Å². The largest absolute Gasteiger partial charge is 0.493 e. The lowest BCUT2D eigenvalue weighted by Gasteiger charge is -2.14. The molecule has 0 saturated carbocycles. The van der Waals surface area contributed by atoms with E-state index in [0.29, 0.717) is 17.1 Å². The van der Waals surface area contributed by atoms with E-state index in [0.717, 1.165) is 23.3 Å². The molecule has 0 bridgehead atoms. The molecule has 5 aromatic rings. The van der Waals surface area contributed by atoms with E-state index in [1.165, 1.54) is 44.6 Å². The number of hydrogen-bond acceptors (Lipinski definition) is 7. The highest BCUT2D eigenvalue weighted by Gasteiger charge is 2.40. The Bertz CT molecular complexity index is 1860. The Balaban J connectivity index is 1.40. The topological polar surface area (TPSA) is 84.2 Å². The number of ether oxygens (including phenoxy) is 4. The zero-order valence-electron chi connectivity index (χ0n) is 22.8. The van der Waals surface area contributed by atoms with Crippen molar-refractivity contribution in [3.05, 3.63) is 119 Å². The van der Waals surface area contributed by atoms with Crippen LogP contribution in [-0.2, 0) is 11.0 Å². The van der Waals surface area contributed by atoms with E-state index >= 15 is 0 Å². The molecule has 0 unspecified atom stereocenters. The zero-order chi connectivity index (χ0) is 30.6. The summed E-state index contributed by atoms with van der Waals surface area (Å²) in [5.41, 5.74) is 0.861. The lowest BCUT2D eigenvalue weighted by Crippen LogP contribution is -2.15. The lowest BCUT2D eigenvalue weighted by molar-refractivity contribution is -0.154. The first-order valence-corrected chi connectivity index (χ1v) is 12.8. The third-order valence-electron chi connectivity index (χ3n) is 6.30. The van der Waals surface area contributed by atoms with Crippen molar-refractivity contribution >= 4 is 23.0 Å². The monoisotopic (exact) mass is 588 g/mol. The van der Waals surface area contributed by atoms with Crippen molar-refractivity contribution in [2.45, 2.75) is 6.18 Å². The number of hydrogen-bond donors (Lipinski definition) is 0. The van der Waals surface area contributed by atoms with Crippen LogP contribution in [0.1, 0.15) is 11.3 Å². The normalized spacial score (nSPS) is 11.5. The van der Waals surface area contributed by atoms with E-state index in [4.69, 9.17) is 23.4 Å². The smallest absolute Gasteiger partial charge is 0.453 e. The van der Waals surface area contributed by atoms with E-state index in [9.17, 15) is 22.8 Å². The minimum atomic E-state index is -5.05. The zero-order valence-corrected chi connectivity index (χ0v) is 22.8. The molecule has 1 aromatic heterocycles. The maximum Gasteiger partial charge on any atom is 0.453 e. The number of alkyl halides is 3. The molecule has 0 saturated heterocycles. The maximum absolute atomic E-state index is 14.0. The number of fused-ring (bicyclic) bond motifs is 1. The van der Waals surface area contributed by atoms with Crippen LogP contribution in [0.4, 0.5) is 13.2 Å². The van der Waals surface area contributed by atoms with Crippen LogP contribution in [0.3, 0.4) is 0 Å². The van der Waals surface area contributed by atoms with Gasteiger partial charge in [-0.2, -0.15) is 13.2 Å². The quantitative estimate of drug-likeness (QED) is 0.103. The van der Waals surface area contributed by atoms with Gasteiger partial charge in [-0.05, 0) is 59.2 Å². The molecule has 10 heteroatoms. The Kier molecular flexibility index (Phi) is 8.20. The summed E-state index contributed by atoms with van der Waals surface area (Å²) < 4.78 is 68.2. The van der Waals surface area contributed by atoms with Crippen molar-refractivity contribution in [2.24, 2.45) is 0 Å². The van der Waals surface area contributed by atoms with Gasteiger partial charge in [-0.3, -0.25) is 4.79 Å². The first-order valence-electron chi connectivity index (χ1n) is 12.8. The van der Waals surface area contributed by atoms with E-state index in [2.05, 4.69) is 0 Å². The average Bonchev–Trinajstić information content (AvgIpc) is 3.01. The van der Waals surface area contributed by atoms with Crippen LogP contribution in [0.15, 0.2) is 106 Å². The van der Waals surface area contributed by atoms with Gasteiger partial charge >= 0.3 is 12.1 Å². The molecule has 43 heavy (non-hydrogen) atoms. The molecule has 0 atom stereocenters. The lowest BCUT2D eigenvalue weighted by atomic mass is 10.1. The number of carbonyl (C=O) groups excluding carboxylic acids is 1. The van der Waals surface area contributed by atoms with Crippen molar-refractivity contribution in [3.63, 3.8) is 0 Å². The predicted octanol–water partition coefficient (Wildman–Crippen LogP) is 7.91. The summed E-state index contributed by atoms with van der Waals surface area (Å²) in [6.07, 6.45) is -2.46. The van der Waals surface area contributed by atoms with E-state index < -0.39 is 34.7 Å². The summed E-state index contributed by atoms with van der Waals surface area (Å²) in [4.78, 5) is 25.6. The average molecular weight is 589 g/mol. The number of methoxy groups -OCH3 is 2. The Hall–Kier alpha value is -5.51. The summed E-state index contributed by atoms with van der Waals surface area (Å²) >= 11 is 0. The molecule has 0 N–H and O–H groups in total. The fourth-order valence-corrected chi connectivity index (χ4v) is 4.23. The van der Waals surface area contributed by atoms with Gasteiger partial charge in [0.05, 0.1) is 19.6 Å². The molecule has 4 aromatic carbocycles. The van der Waals surface area contributed by atoms with Crippen LogP contribution in [0.25, 0.3) is 28.2 Å². The molecule has 0 fully saturated rings. The van der Waals surface area contributed by atoms with Gasteiger partial charge in [0.15, 0.2) is 11.5 Å². The maximum atomic E-state index is 14.0. The third kappa shape index (κ3) is 6.54. The highest BCUT2D eigenvalue weighted by Crippen LogP contribution is 2.39. The second kappa shape index (κ2) is 12.2. The Labute approximate surface area is 243 Å². The number of halogens is 3. The summed E-state index contributed by atoms with van der Waals surface area (Å²) in [6.45, 7) is 0. The van der Waals surface area contributed by atoms with Crippen LogP contribution in [0, 0.1) is 0 Å². The van der Waals surface area contributed by atoms with Gasteiger partial charge < -0.3 is 23.4 Å². The molecule has 7 nitrogen and oxygen atoms in total. The minimum Gasteiger partial charge on any atom is -0.493 e. The van der Waals surface area contributed by atoms with Gasteiger partial charge in [-0.25, -0.2) is 4.79 Å². The molecular weight excluding hydrogens is 565 g/mol. The predicted molar refractivity (Wildman–Crippen MR) is 154 cm³/mol. The first-order chi connectivity index (χ1) is 20.7. The molecule has 0 spiro atoms. The van der Waals surface area contributed by atoms with Crippen LogP contribution in [0.5, 0.6) is 28.7 Å². The second-order valence-corrected chi connectivity index (χ2v) is 9.11. The molecule has 0 radical (unpaired) electrons. The Morgan fingerprint density at radius 1 is 0.791 bits per heavy atom. The number of rotatable bonds is 8. The summed E-state index contributed by atoms with van der Waals surface area (Å²) in [5.74, 6) is -2.58. The van der Waals surface area contributed by atoms with Gasteiger partial charge in [0.1, 0.15) is 17.1 Å². The molecule has 0 aliphatic heterocycles. The van der Waals surface area contributed by atoms with Gasteiger partial charge in [-0.15, -0.1) is 0 Å². The molecular formula is C33H23F3O7. The van der Waals surface area contributed by atoms with Gasteiger partial charge in [-0.1, -0.05) is 48.5 Å². The van der Waals surface area contributed by atoms with E-state index in [1.54, 1.807) is 30.3 Å². The molecule has 218 valence electrons. The van der Waals surface area contributed by atoms with Gasteiger partial charge in [0.25, 0.3) is 5.76 Å². The molecule has 0 amide bonds. The van der Waals surface area contributed by atoms with Crippen molar-refractivity contribution in [3.8, 4) is 39.9 Å². The summed E-state index contributed by atoms with van der Waals surface area (Å²) in [6, 6.07) is 24.1. The van der Waals surface area contributed by atoms with Crippen molar-refractivity contribution in [1.82, 2.24) is 0 Å². The van der Waals surface area contributed by atoms with Gasteiger partial charge in [0.2, 0.25) is 11.2 Å². The summed E-state index contributed by atoms with van der Waals surface area (Å²) in [5, 5.41) is -0.190. The third-order valence-corrected chi connectivity index (χ3v) is 6.30. The van der Waals surface area contributed by atoms with Crippen molar-refractivity contribution < 1.29 is 41.3 Å². The van der Waals surface area contributed by atoms with E-state index in [-0.39, 0.29) is 16.9 Å². The molecule has 0 aliphatic carbocycles. The SMILES string of the molecule is COc1ccc(C=CC(=O)Oc2ccc3c(=O)c(Oc4ccc(-c5ccccc5)cc4)c(C(F)(F)F)oc3c2)cc1OC. The number of benzene rings is 4. The standard InChI is InChI=1S/C33H23F3O7/c1-39-26-16-8-20(18-28(26)40-2)9-17-29(37)41-24-14-15-25-27(19-24)43-32(33(34,35)36)31(30(25)38)42-23-12-10-22(11-13-23)21-6-4-3-5-7-21/h3-19H,1-2H3. The van der Waals surface area contributed by atoms with Crippen LogP contribution in [0.2, 0.25) is 0 Å². The summed E-state index contributed by atoms with van der Waals surface area (Å²) in [7, 11) is 2.97. The number of esters is 1. The van der Waals surface area contributed by atoms with Crippen molar-refractivity contribution in [1.29, 1.82) is 0 Å². The second-order valence-electron chi connectivity index (χ2n) is 9.11. The van der Waals surface area contributed by atoms with E-state index in [1.807, 2.05) is 30.3 Å². The highest BCUT2D eigenvalue weighted by atomic mass is 19.4. The first kappa shape index (κ1) is 29.0. The van der Waals surface area contributed by atoms with Crippen LogP contribution >= 0.6 is 0 Å². The molecule has 5 rings (SSSR count). The van der Waals surface area contributed by atoms with Crippen molar-refractivity contribution in [2.75, 3.05) is 14.2 Å². The highest BCUT2D eigenvalue weighted by molar-refractivity contribution is 5.89.